The molecule has 1 heterocycles. The van der Waals surface area contributed by atoms with Crippen LogP contribution < -0.4 is 0 Å². The summed E-state index contributed by atoms with van der Waals surface area (Å²) in [5.74, 6) is 1.36. The lowest BCUT2D eigenvalue weighted by atomic mass is 9.83. The third-order valence-electron chi connectivity index (χ3n) is 3.89. The van der Waals surface area contributed by atoms with E-state index in [0.29, 0.717) is 12.2 Å². The summed E-state index contributed by atoms with van der Waals surface area (Å²) in [5.41, 5.74) is 2.29. The molecule has 0 radical (unpaired) electrons. The molecule has 3 rings (SSSR count). The number of rotatable bonds is 3. The Bertz CT molecular complexity index is 746. The Morgan fingerprint density at radius 3 is 2.28 bits per heavy atom. The molecule has 0 bridgehead atoms. The number of aliphatic hydroxyl groups is 1. The van der Waals surface area contributed by atoms with Gasteiger partial charge < -0.3 is 9.52 Å². The van der Waals surface area contributed by atoms with E-state index in [0.717, 1.165) is 22.8 Å². The minimum Gasteiger partial charge on any atom is -0.512 e. The molecular formula is C22H28O2S. The van der Waals surface area contributed by atoms with E-state index in [-0.39, 0.29) is 5.41 Å². The molecule has 134 valence electrons. The van der Waals surface area contributed by atoms with Crippen molar-refractivity contribution in [3.63, 3.8) is 0 Å². The molecule has 0 unspecified atom stereocenters. The molecule has 25 heavy (non-hydrogen) atoms. The molecule has 0 saturated carbocycles. The summed E-state index contributed by atoms with van der Waals surface area (Å²) in [4.78, 5) is 1.28. The Morgan fingerprint density at radius 2 is 1.64 bits per heavy atom. The maximum atomic E-state index is 9.87. The Hall–Kier alpha value is -1.87. The lowest BCUT2D eigenvalue weighted by Gasteiger charge is -2.27. The molecule has 1 aromatic heterocycles. The predicted molar refractivity (Wildman–Crippen MR) is 108 cm³/mol. The lowest BCUT2D eigenvalue weighted by Crippen LogP contribution is -2.13. The van der Waals surface area contributed by atoms with E-state index < -0.39 is 0 Å². The van der Waals surface area contributed by atoms with Gasteiger partial charge in [-0.25, -0.2) is 0 Å². The molecule has 1 aliphatic rings. The summed E-state index contributed by atoms with van der Waals surface area (Å²) in [7, 11) is 0. The third kappa shape index (κ3) is 5.05. The summed E-state index contributed by atoms with van der Waals surface area (Å²) in [5, 5.41) is 10.8. The number of thioether (sulfide) groups is 1. The maximum absolute atomic E-state index is 9.87. The van der Waals surface area contributed by atoms with Crippen molar-refractivity contribution in [2.24, 2.45) is 5.41 Å². The smallest absolute Gasteiger partial charge is 0.165 e. The molecule has 0 fully saturated rings. The highest BCUT2D eigenvalue weighted by molar-refractivity contribution is 8.03. The van der Waals surface area contributed by atoms with E-state index in [4.69, 9.17) is 4.42 Å². The number of benzene rings is 1. The van der Waals surface area contributed by atoms with Crippen LogP contribution in [0.5, 0.6) is 0 Å². The van der Waals surface area contributed by atoms with Crippen molar-refractivity contribution < 1.29 is 9.52 Å². The standard InChI is InChI=1S/C20H22O2S.C2H6/c1-20(2,3)16-13-15(21)9-11-18(16)23-19-12-10-17(22-19)14-7-5-4-6-8-14;1-2/h4-8,10,12-13,21H,9,11H2,1-3H3;1-2H3. The second-order valence-corrected chi connectivity index (χ2v) is 7.91. The largest absolute Gasteiger partial charge is 0.512 e. The van der Waals surface area contributed by atoms with Gasteiger partial charge in [-0.3, -0.25) is 0 Å². The van der Waals surface area contributed by atoms with Crippen molar-refractivity contribution in [1.29, 1.82) is 0 Å². The Balaban J connectivity index is 0.00000109. The molecule has 1 aromatic carbocycles. The van der Waals surface area contributed by atoms with Gasteiger partial charge in [0.15, 0.2) is 5.09 Å². The van der Waals surface area contributed by atoms with E-state index in [1.807, 2.05) is 50.3 Å². The van der Waals surface area contributed by atoms with Crippen LogP contribution in [0.1, 0.15) is 47.5 Å². The van der Waals surface area contributed by atoms with Crippen molar-refractivity contribution in [1.82, 2.24) is 0 Å². The van der Waals surface area contributed by atoms with Gasteiger partial charge in [-0.1, -0.05) is 76.7 Å². The number of hydrogen-bond donors (Lipinski definition) is 1. The van der Waals surface area contributed by atoms with Gasteiger partial charge in [0, 0.05) is 12.0 Å². The zero-order valence-electron chi connectivity index (χ0n) is 15.8. The summed E-state index contributed by atoms with van der Waals surface area (Å²) >= 11 is 1.67. The van der Waals surface area contributed by atoms with E-state index in [2.05, 4.69) is 32.9 Å². The number of aliphatic hydroxyl groups excluding tert-OH is 1. The first-order valence-electron chi connectivity index (χ1n) is 8.90. The molecular weight excluding hydrogens is 328 g/mol. The van der Waals surface area contributed by atoms with Gasteiger partial charge in [-0.2, -0.15) is 0 Å². The Kier molecular flexibility index (Phi) is 6.60. The molecule has 0 aliphatic heterocycles. The van der Waals surface area contributed by atoms with Crippen LogP contribution in [0.3, 0.4) is 0 Å². The minimum absolute atomic E-state index is 0.00554. The van der Waals surface area contributed by atoms with Crippen LogP contribution in [0.2, 0.25) is 0 Å². The van der Waals surface area contributed by atoms with Gasteiger partial charge in [0.1, 0.15) is 5.76 Å². The summed E-state index contributed by atoms with van der Waals surface area (Å²) < 4.78 is 6.01. The van der Waals surface area contributed by atoms with Crippen molar-refractivity contribution in [2.45, 2.75) is 52.6 Å². The maximum Gasteiger partial charge on any atom is 0.165 e. The average molecular weight is 357 g/mol. The zero-order chi connectivity index (χ0) is 18.4. The molecule has 2 nitrogen and oxygen atoms in total. The summed E-state index contributed by atoms with van der Waals surface area (Å²) in [6.07, 6.45) is 3.49. The fourth-order valence-corrected chi connectivity index (χ4v) is 3.88. The SMILES string of the molecule is CC.CC(C)(C)C1=C(Sc2ccc(-c3ccccc3)o2)CCC(O)=C1. The Labute approximate surface area is 155 Å². The van der Waals surface area contributed by atoms with Gasteiger partial charge in [0.2, 0.25) is 0 Å². The second-order valence-electron chi connectivity index (χ2n) is 6.81. The van der Waals surface area contributed by atoms with Crippen LogP contribution in [0.15, 0.2) is 74.3 Å². The molecule has 1 N–H and O–H groups in total. The first kappa shape index (κ1) is 19.5. The molecule has 3 heteroatoms. The molecule has 0 spiro atoms. The minimum atomic E-state index is 0.00554. The van der Waals surface area contributed by atoms with E-state index in [1.54, 1.807) is 11.8 Å². The first-order valence-corrected chi connectivity index (χ1v) is 9.71. The van der Waals surface area contributed by atoms with E-state index in [9.17, 15) is 5.11 Å². The van der Waals surface area contributed by atoms with Gasteiger partial charge in [0.05, 0.1) is 5.76 Å². The van der Waals surface area contributed by atoms with Gasteiger partial charge >= 0.3 is 0 Å². The number of hydrogen-bond acceptors (Lipinski definition) is 3. The fraction of sp³-hybridized carbons (Fsp3) is 0.364. The average Bonchev–Trinajstić information content (AvgIpc) is 3.07. The highest BCUT2D eigenvalue weighted by atomic mass is 32.2. The fourth-order valence-electron chi connectivity index (χ4n) is 2.69. The summed E-state index contributed by atoms with van der Waals surface area (Å²) in [6.45, 7) is 10.5. The zero-order valence-corrected chi connectivity index (χ0v) is 16.6. The molecule has 2 aromatic rings. The molecule has 0 amide bonds. The first-order chi connectivity index (χ1) is 11.9. The van der Waals surface area contributed by atoms with Gasteiger partial charge in [0.25, 0.3) is 0 Å². The van der Waals surface area contributed by atoms with Crippen LogP contribution >= 0.6 is 11.8 Å². The highest BCUT2D eigenvalue weighted by Gasteiger charge is 2.24. The third-order valence-corrected chi connectivity index (χ3v) is 4.98. The van der Waals surface area contributed by atoms with Crippen molar-refractivity contribution in [2.75, 3.05) is 0 Å². The molecule has 0 atom stereocenters. The quantitative estimate of drug-likeness (QED) is 0.614. The summed E-state index contributed by atoms with van der Waals surface area (Å²) in [6, 6.07) is 14.2. The van der Waals surface area contributed by atoms with Gasteiger partial charge in [-0.15, -0.1) is 0 Å². The van der Waals surface area contributed by atoms with Crippen LogP contribution in [-0.4, -0.2) is 5.11 Å². The van der Waals surface area contributed by atoms with Crippen LogP contribution in [0, 0.1) is 5.41 Å². The van der Waals surface area contributed by atoms with Crippen molar-refractivity contribution in [3.05, 3.63) is 64.8 Å². The van der Waals surface area contributed by atoms with Crippen molar-refractivity contribution >= 4 is 11.8 Å². The Morgan fingerprint density at radius 1 is 0.960 bits per heavy atom. The van der Waals surface area contributed by atoms with Crippen LogP contribution in [0.25, 0.3) is 11.3 Å². The number of allylic oxidation sites excluding steroid dienone is 4. The topological polar surface area (TPSA) is 33.4 Å². The van der Waals surface area contributed by atoms with E-state index in [1.165, 1.54) is 10.5 Å². The lowest BCUT2D eigenvalue weighted by molar-refractivity contribution is 0.379. The highest BCUT2D eigenvalue weighted by Crippen LogP contribution is 2.43. The number of furan rings is 1. The normalized spacial score (nSPS) is 14.7. The molecule has 0 saturated heterocycles. The molecule has 1 aliphatic carbocycles. The van der Waals surface area contributed by atoms with Gasteiger partial charge in [-0.05, 0) is 40.5 Å². The second kappa shape index (κ2) is 8.48. The predicted octanol–water partition coefficient (Wildman–Crippen LogP) is 7.60. The van der Waals surface area contributed by atoms with Crippen LogP contribution in [-0.2, 0) is 0 Å². The van der Waals surface area contributed by atoms with E-state index >= 15 is 0 Å². The monoisotopic (exact) mass is 356 g/mol. The van der Waals surface area contributed by atoms with Crippen LogP contribution in [0.4, 0.5) is 0 Å². The van der Waals surface area contributed by atoms with Crippen molar-refractivity contribution in [3.8, 4) is 11.3 Å².